The number of likely N-dealkylation sites (tertiary alicyclic amines) is 1. The van der Waals surface area contributed by atoms with Crippen molar-refractivity contribution >= 4 is 34.8 Å². The van der Waals surface area contributed by atoms with Crippen LogP contribution < -0.4 is 5.73 Å². The van der Waals surface area contributed by atoms with Gasteiger partial charge in [-0.25, -0.2) is 8.78 Å². The van der Waals surface area contributed by atoms with E-state index in [1.54, 1.807) is 0 Å². The Morgan fingerprint density at radius 3 is 2.18 bits per heavy atom. The molecule has 1 saturated heterocycles. The number of nitrogen functional groups attached to an aromatic ring is 1. The van der Waals surface area contributed by atoms with E-state index in [1.165, 1.54) is 12.1 Å². The number of anilines is 1. The summed E-state index contributed by atoms with van der Waals surface area (Å²) in [5.74, 6) is -3.32. The topological polar surface area (TPSA) is 46.3 Å². The van der Waals surface area contributed by atoms with Crippen molar-refractivity contribution in [2.24, 2.45) is 0 Å². The molecule has 3 nitrogen and oxygen atoms in total. The monoisotopic (exact) mass is 280 g/mol. The third-order valence-electron chi connectivity index (χ3n) is 2.46. The van der Waals surface area contributed by atoms with Crippen molar-refractivity contribution in [1.82, 2.24) is 4.90 Å². The highest BCUT2D eigenvalue weighted by Gasteiger charge is 2.46. The lowest BCUT2D eigenvalue weighted by Crippen LogP contribution is -2.58. The van der Waals surface area contributed by atoms with Gasteiger partial charge >= 0.3 is 0 Å². The number of benzene rings is 1. The van der Waals surface area contributed by atoms with Crippen LogP contribution in [-0.2, 0) is 0 Å². The second kappa shape index (κ2) is 3.99. The average molecular weight is 281 g/mol. The predicted octanol–water partition coefficient (Wildman–Crippen LogP) is 2.67. The minimum absolute atomic E-state index is 0.133. The fraction of sp³-hybridized carbons (Fsp3) is 0.300. The molecule has 1 aliphatic rings. The Hall–Kier alpha value is -1.07. The van der Waals surface area contributed by atoms with E-state index in [1.807, 2.05) is 0 Å². The van der Waals surface area contributed by atoms with Crippen molar-refractivity contribution in [3.8, 4) is 0 Å². The van der Waals surface area contributed by atoms with Crippen molar-refractivity contribution in [2.45, 2.75) is 5.92 Å². The zero-order valence-corrected chi connectivity index (χ0v) is 10.0. The number of carbonyl (C=O) groups is 1. The smallest absolute Gasteiger partial charge is 0.282 e. The molecule has 0 atom stereocenters. The van der Waals surface area contributed by atoms with Crippen LogP contribution in [0.2, 0.25) is 10.0 Å². The molecule has 0 aliphatic carbocycles. The number of halogens is 4. The van der Waals surface area contributed by atoms with Crippen molar-refractivity contribution in [2.75, 3.05) is 18.8 Å². The zero-order valence-electron chi connectivity index (χ0n) is 8.51. The van der Waals surface area contributed by atoms with Gasteiger partial charge in [0, 0.05) is 5.56 Å². The van der Waals surface area contributed by atoms with Gasteiger partial charge in [-0.05, 0) is 12.1 Å². The van der Waals surface area contributed by atoms with Crippen LogP contribution in [0.5, 0.6) is 0 Å². The number of amides is 1. The Kier molecular flexibility index (Phi) is 2.91. The zero-order chi connectivity index (χ0) is 12.8. The highest BCUT2D eigenvalue weighted by atomic mass is 35.5. The van der Waals surface area contributed by atoms with E-state index in [0.717, 1.165) is 4.90 Å². The van der Waals surface area contributed by atoms with Gasteiger partial charge in [0.2, 0.25) is 0 Å². The molecule has 1 fully saturated rings. The summed E-state index contributed by atoms with van der Waals surface area (Å²) in [5, 5.41) is 0.265. The largest absolute Gasteiger partial charge is 0.396 e. The lowest BCUT2D eigenvalue weighted by Gasteiger charge is -2.38. The molecule has 1 aliphatic heterocycles. The number of alkyl halides is 2. The molecule has 1 aromatic rings. The Balaban J connectivity index is 2.21. The average Bonchev–Trinajstić information content (AvgIpc) is 2.20. The van der Waals surface area contributed by atoms with E-state index < -0.39 is 24.9 Å². The van der Waals surface area contributed by atoms with Gasteiger partial charge in [-0.1, -0.05) is 23.2 Å². The molecular weight excluding hydrogens is 273 g/mol. The molecule has 0 saturated carbocycles. The van der Waals surface area contributed by atoms with Crippen molar-refractivity contribution in [3.05, 3.63) is 27.7 Å². The third-order valence-corrected chi connectivity index (χ3v) is 3.08. The molecule has 1 aromatic carbocycles. The molecule has 92 valence electrons. The molecule has 0 spiro atoms. The van der Waals surface area contributed by atoms with Crippen LogP contribution in [0.15, 0.2) is 12.1 Å². The summed E-state index contributed by atoms with van der Waals surface area (Å²) in [6, 6.07) is 2.64. The molecule has 1 heterocycles. The van der Waals surface area contributed by atoms with Crippen molar-refractivity contribution in [3.63, 3.8) is 0 Å². The van der Waals surface area contributed by atoms with Crippen LogP contribution in [0.3, 0.4) is 0 Å². The van der Waals surface area contributed by atoms with E-state index in [9.17, 15) is 13.6 Å². The summed E-state index contributed by atoms with van der Waals surface area (Å²) < 4.78 is 25.2. The number of rotatable bonds is 1. The molecule has 1 amide bonds. The number of nitrogens with two attached hydrogens (primary N) is 1. The number of hydrogen-bond acceptors (Lipinski definition) is 2. The minimum atomic E-state index is -2.79. The van der Waals surface area contributed by atoms with Gasteiger partial charge in [0.1, 0.15) is 0 Å². The quantitative estimate of drug-likeness (QED) is 0.804. The van der Waals surface area contributed by atoms with Crippen LogP contribution in [0.1, 0.15) is 10.4 Å². The molecule has 7 heteroatoms. The third kappa shape index (κ3) is 2.30. The summed E-state index contributed by atoms with van der Waals surface area (Å²) in [5.41, 5.74) is 5.83. The van der Waals surface area contributed by atoms with Crippen LogP contribution in [0.25, 0.3) is 0 Å². The Bertz CT molecular complexity index is 462. The van der Waals surface area contributed by atoms with Gasteiger partial charge in [-0.2, -0.15) is 0 Å². The lowest BCUT2D eigenvalue weighted by atomic mass is 10.1. The molecule has 2 N–H and O–H groups in total. The van der Waals surface area contributed by atoms with Gasteiger partial charge in [-0.3, -0.25) is 4.79 Å². The van der Waals surface area contributed by atoms with Gasteiger partial charge in [0.05, 0.1) is 28.8 Å². The Labute approximate surface area is 106 Å². The van der Waals surface area contributed by atoms with Gasteiger partial charge < -0.3 is 10.6 Å². The maximum atomic E-state index is 12.6. The summed E-state index contributed by atoms with van der Waals surface area (Å²) in [6.07, 6.45) is 0. The Morgan fingerprint density at radius 2 is 1.76 bits per heavy atom. The van der Waals surface area contributed by atoms with E-state index in [2.05, 4.69) is 0 Å². The standard InChI is InChI=1S/C10H8Cl2F2N2O/c11-6-1-5(2-7(12)8(6)15)9(17)16-3-10(13,14)4-16/h1-2H,3-4,15H2. The van der Waals surface area contributed by atoms with E-state index >= 15 is 0 Å². The maximum absolute atomic E-state index is 12.6. The summed E-state index contributed by atoms with van der Waals surface area (Å²) in [6.45, 7) is -1.16. The molecule has 17 heavy (non-hydrogen) atoms. The van der Waals surface area contributed by atoms with Crippen LogP contribution in [-0.4, -0.2) is 29.8 Å². The first kappa shape index (κ1) is 12.4. The lowest BCUT2D eigenvalue weighted by molar-refractivity contribution is -0.113. The van der Waals surface area contributed by atoms with Gasteiger partial charge in [0.15, 0.2) is 0 Å². The van der Waals surface area contributed by atoms with Crippen molar-refractivity contribution < 1.29 is 13.6 Å². The number of hydrogen-bond donors (Lipinski definition) is 1. The van der Waals surface area contributed by atoms with Crippen molar-refractivity contribution in [1.29, 1.82) is 0 Å². The minimum Gasteiger partial charge on any atom is -0.396 e. The molecule has 0 aromatic heterocycles. The van der Waals surface area contributed by atoms with Gasteiger partial charge in [-0.15, -0.1) is 0 Å². The van der Waals surface area contributed by atoms with E-state index in [-0.39, 0.29) is 21.3 Å². The fourth-order valence-corrected chi connectivity index (χ4v) is 2.03. The van der Waals surface area contributed by atoms with Crippen LogP contribution >= 0.6 is 23.2 Å². The summed E-state index contributed by atoms with van der Waals surface area (Å²) in [7, 11) is 0. The first-order valence-corrected chi connectivity index (χ1v) is 5.47. The first-order valence-electron chi connectivity index (χ1n) is 4.72. The number of carbonyl (C=O) groups excluding carboxylic acids is 1. The second-order valence-electron chi connectivity index (χ2n) is 3.87. The number of nitrogens with zero attached hydrogens (tertiary/aromatic N) is 1. The first-order chi connectivity index (χ1) is 7.80. The summed E-state index contributed by atoms with van der Waals surface area (Å²) >= 11 is 11.5. The SMILES string of the molecule is Nc1c(Cl)cc(C(=O)N2CC(F)(F)C2)cc1Cl. The van der Waals surface area contributed by atoms with Crippen LogP contribution in [0.4, 0.5) is 14.5 Å². The molecule has 0 unspecified atom stereocenters. The molecule has 0 bridgehead atoms. The maximum Gasteiger partial charge on any atom is 0.282 e. The second-order valence-corrected chi connectivity index (χ2v) is 4.69. The molecule has 0 radical (unpaired) electrons. The normalized spacial score (nSPS) is 17.8. The molecular formula is C10H8Cl2F2N2O. The fourth-order valence-electron chi connectivity index (χ4n) is 1.55. The van der Waals surface area contributed by atoms with Gasteiger partial charge in [0.25, 0.3) is 11.8 Å². The highest BCUT2D eigenvalue weighted by molar-refractivity contribution is 6.39. The van der Waals surface area contributed by atoms with E-state index in [4.69, 9.17) is 28.9 Å². The molecule has 2 rings (SSSR count). The van der Waals surface area contributed by atoms with Crippen LogP contribution in [0, 0.1) is 0 Å². The highest BCUT2D eigenvalue weighted by Crippen LogP contribution is 2.32. The predicted molar refractivity (Wildman–Crippen MR) is 61.7 cm³/mol. The summed E-state index contributed by atoms with van der Waals surface area (Å²) in [4.78, 5) is 12.8. The van der Waals surface area contributed by atoms with E-state index in [0.29, 0.717) is 0 Å². The Morgan fingerprint density at radius 1 is 1.29 bits per heavy atom.